The van der Waals surface area contributed by atoms with Crippen molar-refractivity contribution in [1.82, 2.24) is 5.16 Å². The summed E-state index contributed by atoms with van der Waals surface area (Å²) >= 11 is 0. The molecule has 2 aromatic rings. The molecule has 0 aliphatic rings. The van der Waals surface area contributed by atoms with E-state index in [0.29, 0.717) is 11.3 Å². The van der Waals surface area contributed by atoms with Crippen LogP contribution in [-0.4, -0.2) is 13.6 Å². The smallest absolute Gasteiger partial charge is 0.266 e. The maximum atomic E-state index is 13.3. The number of rotatable bonds is 3. The van der Waals surface area contributed by atoms with E-state index in [1.807, 2.05) is 0 Å². The molecule has 102 valence electrons. The fourth-order valence-electron chi connectivity index (χ4n) is 1.44. The van der Waals surface area contributed by atoms with Gasteiger partial charge >= 0.3 is 0 Å². The van der Waals surface area contributed by atoms with Gasteiger partial charge in [-0.25, -0.2) is 17.5 Å². The molecule has 8 heteroatoms. The van der Waals surface area contributed by atoms with Gasteiger partial charge < -0.3 is 10.3 Å². The van der Waals surface area contributed by atoms with Crippen molar-refractivity contribution in [2.45, 2.75) is 18.7 Å². The number of nitrogens with one attached hydrogen (secondary N) is 1. The van der Waals surface area contributed by atoms with E-state index in [1.165, 1.54) is 12.1 Å². The summed E-state index contributed by atoms with van der Waals surface area (Å²) in [5, 5.41) is 3.63. The average Bonchev–Trinajstić information content (AvgIpc) is 2.64. The highest BCUT2D eigenvalue weighted by Crippen LogP contribution is 2.25. The number of nitrogen functional groups attached to an aromatic ring is 1. The van der Waals surface area contributed by atoms with Crippen molar-refractivity contribution in [3.8, 4) is 0 Å². The Balaban J connectivity index is 2.44. The third-order valence-electron chi connectivity index (χ3n) is 2.69. The van der Waals surface area contributed by atoms with Gasteiger partial charge in [-0.15, -0.1) is 0 Å². The van der Waals surface area contributed by atoms with Crippen LogP contribution in [0, 0.1) is 19.7 Å². The Bertz CT molecular complexity index is 725. The van der Waals surface area contributed by atoms with E-state index in [4.69, 9.17) is 10.3 Å². The summed E-state index contributed by atoms with van der Waals surface area (Å²) in [5.41, 5.74) is 6.10. The summed E-state index contributed by atoms with van der Waals surface area (Å²) in [6, 6.07) is 3.55. The van der Waals surface area contributed by atoms with Gasteiger partial charge in [-0.2, -0.15) is 0 Å². The first-order valence-corrected chi connectivity index (χ1v) is 6.81. The lowest BCUT2D eigenvalue weighted by molar-refractivity contribution is 0.430. The Hall–Kier alpha value is -2.09. The van der Waals surface area contributed by atoms with E-state index >= 15 is 0 Å². The number of anilines is 2. The fraction of sp³-hybridized carbons (Fsp3) is 0.182. The predicted octanol–water partition coefficient (Wildman–Crippen LogP) is 1.81. The molecule has 0 unspecified atom stereocenters. The van der Waals surface area contributed by atoms with Crippen molar-refractivity contribution in [3.05, 3.63) is 35.3 Å². The van der Waals surface area contributed by atoms with Crippen LogP contribution >= 0.6 is 0 Å². The number of nitrogens with two attached hydrogens (primary N) is 1. The van der Waals surface area contributed by atoms with Crippen LogP contribution in [0.4, 0.5) is 16.0 Å². The molecule has 6 nitrogen and oxygen atoms in total. The maximum Gasteiger partial charge on any atom is 0.266 e. The van der Waals surface area contributed by atoms with E-state index in [1.54, 1.807) is 13.8 Å². The van der Waals surface area contributed by atoms with E-state index in [-0.39, 0.29) is 10.8 Å². The predicted molar refractivity (Wildman–Crippen MR) is 67.6 cm³/mol. The molecule has 0 spiro atoms. The minimum Gasteiger partial charge on any atom is -0.395 e. The minimum atomic E-state index is -4.02. The zero-order chi connectivity index (χ0) is 14.2. The van der Waals surface area contributed by atoms with Gasteiger partial charge in [0.15, 0.2) is 0 Å². The van der Waals surface area contributed by atoms with E-state index in [2.05, 4.69) is 9.88 Å². The normalized spacial score (nSPS) is 11.5. The maximum absolute atomic E-state index is 13.3. The van der Waals surface area contributed by atoms with Gasteiger partial charge in [0.1, 0.15) is 10.7 Å². The molecule has 0 aliphatic heterocycles. The molecular formula is C11H12FN3O3S. The molecule has 0 fully saturated rings. The highest BCUT2D eigenvalue weighted by atomic mass is 32.2. The summed E-state index contributed by atoms with van der Waals surface area (Å²) in [6.45, 7) is 3.33. The highest BCUT2D eigenvalue weighted by Gasteiger charge is 2.22. The Labute approximate surface area is 109 Å². The molecule has 1 heterocycles. The zero-order valence-electron chi connectivity index (χ0n) is 10.3. The molecule has 1 aromatic heterocycles. The molecule has 0 saturated heterocycles. The largest absolute Gasteiger partial charge is 0.395 e. The first-order chi connectivity index (χ1) is 8.83. The lowest BCUT2D eigenvalue weighted by Gasteiger charge is -2.08. The van der Waals surface area contributed by atoms with Gasteiger partial charge in [-0.05, 0) is 26.0 Å². The van der Waals surface area contributed by atoms with Gasteiger partial charge in [0.25, 0.3) is 10.0 Å². The first kappa shape index (κ1) is 13.3. The number of nitrogens with zero attached hydrogens (tertiary/aromatic N) is 1. The number of aromatic nitrogens is 1. The van der Waals surface area contributed by atoms with E-state index < -0.39 is 21.5 Å². The molecule has 0 radical (unpaired) electrons. The van der Waals surface area contributed by atoms with Crippen molar-refractivity contribution >= 4 is 21.6 Å². The quantitative estimate of drug-likeness (QED) is 0.838. The van der Waals surface area contributed by atoms with Gasteiger partial charge in [-0.1, -0.05) is 11.2 Å². The number of hydrogen-bond donors (Lipinski definition) is 2. The molecule has 1 aromatic carbocycles. The van der Waals surface area contributed by atoms with Crippen LogP contribution in [0.3, 0.4) is 0 Å². The van der Waals surface area contributed by atoms with Gasteiger partial charge in [0.2, 0.25) is 5.88 Å². The number of para-hydroxylation sites is 1. The highest BCUT2D eigenvalue weighted by molar-refractivity contribution is 7.92. The second kappa shape index (κ2) is 4.54. The Morgan fingerprint density at radius 2 is 2.05 bits per heavy atom. The Morgan fingerprint density at radius 1 is 1.37 bits per heavy atom. The Kier molecular flexibility index (Phi) is 3.19. The van der Waals surface area contributed by atoms with Crippen LogP contribution in [0.25, 0.3) is 0 Å². The summed E-state index contributed by atoms with van der Waals surface area (Å²) in [7, 11) is -4.02. The van der Waals surface area contributed by atoms with Crippen molar-refractivity contribution in [2.24, 2.45) is 0 Å². The lowest BCUT2D eigenvalue weighted by atomic mass is 10.3. The van der Waals surface area contributed by atoms with Crippen molar-refractivity contribution in [2.75, 3.05) is 10.5 Å². The average molecular weight is 285 g/mol. The molecule has 2 rings (SSSR count). The molecular weight excluding hydrogens is 273 g/mol. The second-order valence-electron chi connectivity index (χ2n) is 3.98. The number of aryl methyl sites for hydroxylation is 1. The van der Waals surface area contributed by atoms with Crippen molar-refractivity contribution in [3.63, 3.8) is 0 Å². The summed E-state index contributed by atoms with van der Waals surface area (Å²) < 4.78 is 44.5. The molecule has 0 aliphatic carbocycles. The third-order valence-corrected chi connectivity index (χ3v) is 4.08. The molecule has 3 N–H and O–H groups in total. The van der Waals surface area contributed by atoms with E-state index in [0.717, 1.165) is 6.07 Å². The van der Waals surface area contributed by atoms with E-state index in [9.17, 15) is 12.8 Å². The van der Waals surface area contributed by atoms with Crippen LogP contribution in [0.5, 0.6) is 0 Å². The van der Waals surface area contributed by atoms with Crippen molar-refractivity contribution in [1.29, 1.82) is 0 Å². The van der Waals surface area contributed by atoms with Crippen LogP contribution in [0.2, 0.25) is 0 Å². The van der Waals surface area contributed by atoms with Gasteiger partial charge in [0, 0.05) is 5.56 Å². The monoisotopic (exact) mass is 285 g/mol. The number of benzene rings is 1. The topological polar surface area (TPSA) is 98.2 Å². The van der Waals surface area contributed by atoms with Crippen LogP contribution in [-0.2, 0) is 10.0 Å². The first-order valence-electron chi connectivity index (χ1n) is 5.32. The number of halogens is 1. The molecule has 0 saturated carbocycles. The standard InChI is InChI=1S/C11H12FN3O3S/c1-6-7(2)14-18-11(6)15-19(16,17)9-5-3-4-8(12)10(9)13/h3-5,15H,13H2,1-2H3. The minimum absolute atomic E-state index is 0.0128. The van der Waals surface area contributed by atoms with Crippen molar-refractivity contribution < 1.29 is 17.3 Å². The molecule has 19 heavy (non-hydrogen) atoms. The second-order valence-corrected chi connectivity index (χ2v) is 5.63. The third kappa shape index (κ3) is 2.39. The van der Waals surface area contributed by atoms with Crippen LogP contribution in [0.1, 0.15) is 11.3 Å². The zero-order valence-corrected chi connectivity index (χ0v) is 11.1. The lowest BCUT2D eigenvalue weighted by Crippen LogP contribution is -2.15. The molecule has 0 bridgehead atoms. The number of sulfonamides is 1. The summed E-state index contributed by atoms with van der Waals surface area (Å²) in [6.07, 6.45) is 0. The summed E-state index contributed by atoms with van der Waals surface area (Å²) in [4.78, 5) is -0.346. The SMILES string of the molecule is Cc1noc(NS(=O)(=O)c2cccc(F)c2N)c1C. The fourth-order valence-corrected chi connectivity index (χ4v) is 2.63. The van der Waals surface area contributed by atoms with Crippen LogP contribution < -0.4 is 10.5 Å². The Morgan fingerprint density at radius 3 is 2.63 bits per heavy atom. The van der Waals surface area contributed by atoms with Gasteiger partial charge in [-0.3, -0.25) is 0 Å². The molecule has 0 amide bonds. The van der Waals surface area contributed by atoms with Gasteiger partial charge in [0.05, 0.1) is 11.4 Å². The van der Waals surface area contributed by atoms with Crippen LogP contribution in [0.15, 0.2) is 27.6 Å². The summed E-state index contributed by atoms with van der Waals surface area (Å²) in [5.74, 6) is -0.811. The molecule has 0 atom stereocenters. The number of hydrogen-bond acceptors (Lipinski definition) is 5.